The van der Waals surface area contributed by atoms with Crippen LogP contribution in [0.4, 0.5) is 0 Å². The summed E-state index contributed by atoms with van der Waals surface area (Å²) in [5, 5.41) is 0. The van der Waals surface area contributed by atoms with E-state index in [0.29, 0.717) is 13.4 Å². The van der Waals surface area contributed by atoms with Gasteiger partial charge in [-0.05, 0) is 4.08 Å². The number of ether oxygens (including phenoxy) is 2. The molecule has 0 aliphatic carbocycles. The van der Waals surface area contributed by atoms with Gasteiger partial charge in [0, 0.05) is 7.11 Å². The van der Waals surface area contributed by atoms with Gasteiger partial charge in [-0.15, -0.1) is 0 Å². The van der Waals surface area contributed by atoms with E-state index in [2.05, 4.69) is 27.3 Å². The molecule has 0 amide bonds. The van der Waals surface area contributed by atoms with Crippen molar-refractivity contribution in [1.29, 1.82) is 0 Å². The number of rotatable bonds is 4. The first-order chi connectivity index (χ1) is 3.91. The Morgan fingerprint density at radius 3 is 2.88 bits per heavy atom. The van der Waals surface area contributed by atoms with Gasteiger partial charge in [-0.25, -0.2) is 0 Å². The summed E-state index contributed by atoms with van der Waals surface area (Å²) in [5.74, 6) is 0. The van der Waals surface area contributed by atoms with Gasteiger partial charge in [0.05, 0.1) is 6.61 Å². The zero-order valence-corrected chi connectivity index (χ0v) is 6.92. The van der Waals surface area contributed by atoms with Crippen LogP contribution in [0.3, 0.4) is 0 Å². The molecule has 8 heavy (non-hydrogen) atoms. The third-order valence-electron chi connectivity index (χ3n) is 0.504. The summed E-state index contributed by atoms with van der Waals surface area (Å²) in [5.41, 5.74) is 0. The molecule has 48 valence electrons. The summed E-state index contributed by atoms with van der Waals surface area (Å²) in [4.78, 5) is 0. The Morgan fingerprint density at radius 2 is 2.38 bits per heavy atom. The molecule has 0 aromatic heterocycles. The largest absolute Gasteiger partial charge is 0.359 e. The van der Waals surface area contributed by atoms with E-state index < -0.39 is 0 Å². The Bertz CT molecular complexity index is 63.4. The van der Waals surface area contributed by atoms with Gasteiger partial charge in [0.25, 0.3) is 0 Å². The van der Waals surface area contributed by atoms with Crippen molar-refractivity contribution in [3.63, 3.8) is 0 Å². The van der Waals surface area contributed by atoms with Crippen molar-refractivity contribution in [3.8, 4) is 0 Å². The van der Waals surface area contributed by atoms with Crippen LogP contribution < -0.4 is 0 Å². The second-order valence-electron chi connectivity index (χ2n) is 1.14. The van der Waals surface area contributed by atoms with Crippen LogP contribution in [0.2, 0.25) is 0 Å². The molecule has 0 aromatic carbocycles. The van der Waals surface area contributed by atoms with E-state index in [0.717, 1.165) is 0 Å². The minimum absolute atomic E-state index is 0.376. The van der Waals surface area contributed by atoms with Gasteiger partial charge in [0.2, 0.25) is 0 Å². The number of hydrogen-bond donors (Lipinski definition) is 0. The van der Waals surface area contributed by atoms with Gasteiger partial charge < -0.3 is 9.47 Å². The molecule has 0 heterocycles. The summed E-state index contributed by atoms with van der Waals surface area (Å²) < 4.78 is 11.4. The lowest BCUT2D eigenvalue weighted by molar-refractivity contribution is -0.0185. The maximum atomic E-state index is 4.91. The first-order valence-corrected chi connectivity index (χ1v) is 3.48. The molecule has 0 aliphatic rings. The van der Waals surface area contributed by atoms with Crippen molar-refractivity contribution in [2.45, 2.75) is 0 Å². The fourth-order valence-corrected chi connectivity index (χ4v) is 0.443. The van der Waals surface area contributed by atoms with Crippen molar-refractivity contribution >= 4 is 22.6 Å². The molecular formula is C5H9IO2. The number of halogens is 1. The molecule has 0 N–H and O–H groups in total. The summed E-state index contributed by atoms with van der Waals surface area (Å²) in [6.07, 6.45) is 1.92. The molecule has 3 heteroatoms. The van der Waals surface area contributed by atoms with E-state index in [1.165, 1.54) is 0 Å². The fourth-order valence-electron chi connectivity index (χ4n) is 0.236. The van der Waals surface area contributed by atoms with Gasteiger partial charge in [0.1, 0.15) is 6.79 Å². The molecule has 0 aliphatic heterocycles. The Kier molecular flexibility index (Phi) is 7.75. The Morgan fingerprint density at radius 1 is 1.62 bits per heavy atom. The molecule has 0 fully saturated rings. The summed E-state index contributed by atoms with van der Waals surface area (Å²) in [6, 6.07) is 0. The van der Waals surface area contributed by atoms with Crippen molar-refractivity contribution in [3.05, 3.63) is 10.2 Å². The molecule has 2 nitrogen and oxygen atoms in total. The van der Waals surface area contributed by atoms with E-state index in [9.17, 15) is 0 Å². The molecule has 0 aromatic rings. The first kappa shape index (κ1) is 8.39. The Balaban J connectivity index is 2.72. The SMILES string of the molecule is COCOC/C=C\I. The third-order valence-corrected chi connectivity index (χ3v) is 1.01. The average Bonchev–Trinajstić information content (AvgIpc) is 1.81. The van der Waals surface area contributed by atoms with Crippen LogP contribution >= 0.6 is 22.6 Å². The smallest absolute Gasteiger partial charge is 0.146 e. The average molecular weight is 228 g/mol. The molecule has 0 atom stereocenters. The lowest BCUT2D eigenvalue weighted by Crippen LogP contribution is -1.94. The maximum Gasteiger partial charge on any atom is 0.146 e. The van der Waals surface area contributed by atoms with Crippen LogP contribution in [0.5, 0.6) is 0 Å². The molecule has 0 rings (SSSR count). The Labute approximate surface area is 63.0 Å². The van der Waals surface area contributed by atoms with Crippen LogP contribution in [0.1, 0.15) is 0 Å². The maximum absolute atomic E-state index is 4.91. The topological polar surface area (TPSA) is 18.5 Å². The van der Waals surface area contributed by atoms with Crippen LogP contribution in [0.15, 0.2) is 10.2 Å². The number of hydrogen-bond acceptors (Lipinski definition) is 2. The molecule has 0 bridgehead atoms. The third kappa shape index (κ3) is 6.39. The normalized spacial score (nSPS) is 10.8. The molecule has 0 spiro atoms. The van der Waals surface area contributed by atoms with Gasteiger partial charge in [-0.3, -0.25) is 0 Å². The van der Waals surface area contributed by atoms with E-state index in [1.54, 1.807) is 7.11 Å². The lowest BCUT2D eigenvalue weighted by atomic mass is 10.7. The van der Waals surface area contributed by atoms with Crippen molar-refractivity contribution in [2.24, 2.45) is 0 Å². The van der Waals surface area contributed by atoms with E-state index in [-0.39, 0.29) is 0 Å². The van der Waals surface area contributed by atoms with Crippen molar-refractivity contribution in [2.75, 3.05) is 20.5 Å². The van der Waals surface area contributed by atoms with Crippen molar-refractivity contribution < 1.29 is 9.47 Å². The highest BCUT2D eigenvalue weighted by molar-refractivity contribution is 14.1. The highest BCUT2D eigenvalue weighted by atomic mass is 127. The monoisotopic (exact) mass is 228 g/mol. The zero-order valence-electron chi connectivity index (χ0n) is 4.76. The fraction of sp³-hybridized carbons (Fsp3) is 0.600. The molecule has 0 unspecified atom stereocenters. The highest BCUT2D eigenvalue weighted by Crippen LogP contribution is 1.83. The van der Waals surface area contributed by atoms with Crippen LogP contribution in [-0.2, 0) is 9.47 Å². The van der Waals surface area contributed by atoms with Gasteiger partial charge in [0.15, 0.2) is 0 Å². The van der Waals surface area contributed by atoms with Gasteiger partial charge in [-0.1, -0.05) is 28.7 Å². The number of methoxy groups -OCH3 is 1. The first-order valence-electron chi connectivity index (χ1n) is 2.23. The predicted octanol–water partition coefficient (Wildman–Crippen LogP) is 1.56. The minimum Gasteiger partial charge on any atom is -0.359 e. The molecule has 0 saturated carbocycles. The summed E-state index contributed by atoms with van der Waals surface area (Å²) in [6.45, 7) is 1.01. The van der Waals surface area contributed by atoms with E-state index >= 15 is 0 Å². The lowest BCUT2D eigenvalue weighted by Gasteiger charge is -1.94. The quantitative estimate of drug-likeness (QED) is 0.413. The summed E-state index contributed by atoms with van der Waals surface area (Å²) in [7, 11) is 1.60. The van der Waals surface area contributed by atoms with Crippen molar-refractivity contribution in [1.82, 2.24) is 0 Å². The predicted molar refractivity (Wildman–Crippen MR) is 41.0 cm³/mol. The molecular weight excluding hydrogens is 219 g/mol. The Hall–Kier alpha value is 0.390. The van der Waals surface area contributed by atoms with Crippen LogP contribution in [0, 0.1) is 0 Å². The zero-order chi connectivity index (χ0) is 6.24. The van der Waals surface area contributed by atoms with Crippen LogP contribution in [-0.4, -0.2) is 20.5 Å². The molecule has 0 saturated heterocycles. The second kappa shape index (κ2) is 7.39. The van der Waals surface area contributed by atoms with E-state index in [4.69, 9.17) is 4.74 Å². The second-order valence-corrected chi connectivity index (χ2v) is 1.86. The highest BCUT2D eigenvalue weighted by Gasteiger charge is 1.75. The van der Waals surface area contributed by atoms with E-state index in [1.807, 2.05) is 10.2 Å². The van der Waals surface area contributed by atoms with Crippen LogP contribution in [0.25, 0.3) is 0 Å². The standard InChI is InChI=1S/C5H9IO2/c1-7-5-8-4-2-3-6/h2-3H,4-5H2,1H3/b3-2-. The summed E-state index contributed by atoms with van der Waals surface area (Å²) >= 11 is 2.14. The van der Waals surface area contributed by atoms with Gasteiger partial charge in [-0.2, -0.15) is 0 Å². The van der Waals surface area contributed by atoms with Gasteiger partial charge >= 0.3 is 0 Å². The minimum atomic E-state index is 0.376. The molecule has 0 radical (unpaired) electrons.